The number of hydrogen-bond acceptors (Lipinski definition) is 3. The van der Waals surface area contributed by atoms with Gasteiger partial charge in [-0.15, -0.1) is 0 Å². The zero-order valence-corrected chi connectivity index (χ0v) is 12.8. The number of hydrogen-bond donors (Lipinski definition) is 1. The number of phenolic OH excluding ortho intramolecular Hbond substituents is 1. The quantitative estimate of drug-likeness (QED) is 0.862. The zero-order chi connectivity index (χ0) is 14.5. The maximum Gasteiger partial charge on any atom is 0.115 e. The van der Waals surface area contributed by atoms with E-state index in [2.05, 4.69) is 21.9 Å². The van der Waals surface area contributed by atoms with Crippen LogP contribution in [-0.4, -0.2) is 47.6 Å². The summed E-state index contributed by atoms with van der Waals surface area (Å²) in [5, 5.41) is 9.53. The van der Waals surface area contributed by atoms with Crippen LogP contribution in [0.4, 0.5) is 0 Å². The molecule has 1 aromatic carbocycles. The van der Waals surface area contributed by atoms with E-state index in [-0.39, 0.29) is 0 Å². The monoisotopic (exact) mass is 286 g/mol. The fourth-order valence-electron chi connectivity index (χ4n) is 3.35. The second-order valence-corrected chi connectivity index (χ2v) is 6.33. The summed E-state index contributed by atoms with van der Waals surface area (Å²) in [6, 6.07) is 7.63. The van der Waals surface area contributed by atoms with Crippen LogP contribution >= 0.6 is 0 Å². The maximum absolute atomic E-state index is 9.53. The molecule has 114 valence electrons. The normalized spacial score (nSPS) is 21.2. The van der Waals surface area contributed by atoms with E-state index in [9.17, 15) is 5.11 Å². The van der Waals surface area contributed by atoms with Gasteiger partial charge in [-0.05, 0) is 43.4 Å². The average Bonchev–Trinajstić information content (AvgIpc) is 2.50. The molecule has 0 saturated carbocycles. The van der Waals surface area contributed by atoms with Crippen LogP contribution < -0.4 is 0 Å². The number of nitrogens with zero attached hydrogens (tertiary/aromatic N) is 2. The summed E-state index contributed by atoms with van der Waals surface area (Å²) in [5.74, 6) is 0.371. The standard InChI is InChI=1S/C18H26N2O/c21-18-8-4-7-17(13-18)15-20-11-9-19(10-12-20)14-16-5-2-1-3-6-16/h4-5,7-8,13,21H,1-3,6,9-12,14-15H2. The molecule has 1 saturated heterocycles. The van der Waals surface area contributed by atoms with Crippen molar-refractivity contribution >= 4 is 0 Å². The molecule has 1 aliphatic heterocycles. The van der Waals surface area contributed by atoms with E-state index < -0.39 is 0 Å². The van der Waals surface area contributed by atoms with E-state index >= 15 is 0 Å². The molecule has 21 heavy (non-hydrogen) atoms. The van der Waals surface area contributed by atoms with Crippen molar-refractivity contribution in [2.24, 2.45) is 0 Å². The van der Waals surface area contributed by atoms with Crippen molar-refractivity contribution in [3.63, 3.8) is 0 Å². The van der Waals surface area contributed by atoms with Gasteiger partial charge in [0.1, 0.15) is 5.75 Å². The lowest BCUT2D eigenvalue weighted by Crippen LogP contribution is -2.46. The van der Waals surface area contributed by atoms with Crippen LogP contribution in [-0.2, 0) is 6.54 Å². The Labute approximate surface area is 127 Å². The Morgan fingerprint density at radius 3 is 2.38 bits per heavy atom. The van der Waals surface area contributed by atoms with Gasteiger partial charge in [-0.25, -0.2) is 0 Å². The van der Waals surface area contributed by atoms with Gasteiger partial charge in [-0.1, -0.05) is 23.8 Å². The van der Waals surface area contributed by atoms with Gasteiger partial charge in [0, 0.05) is 39.3 Å². The molecule has 1 fully saturated rings. The Morgan fingerprint density at radius 2 is 1.71 bits per heavy atom. The summed E-state index contributed by atoms with van der Waals surface area (Å²) in [5.41, 5.74) is 2.86. The molecule has 1 heterocycles. The molecule has 0 unspecified atom stereocenters. The van der Waals surface area contributed by atoms with Gasteiger partial charge in [-0.2, -0.15) is 0 Å². The van der Waals surface area contributed by atoms with Crippen molar-refractivity contribution in [3.8, 4) is 5.75 Å². The molecular formula is C18H26N2O. The van der Waals surface area contributed by atoms with Gasteiger partial charge >= 0.3 is 0 Å². The van der Waals surface area contributed by atoms with E-state index in [0.29, 0.717) is 5.75 Å². The number of piperazine rings is 1. The second kappa shape index (κ2) is 7.10. The molecule has 0 amide bonds. The Morgan fingerprint density at radius 1 is 0.952 bits per heavy atom. The van der Waals surface area contributed by atoms with Crippen LogP contribution in [0.2, 0.25) is 0 Å². The molecule has 0 atom stereocenters. The predicted octanol–water partition coefficient (Wildman–Crippen LogP) is 3.01. The smallest absolute Gasteiger partial charge is 0.115 e. The van der Waals surface area contributed by atoms with Crippen molar-refractivity contribution in [1.82, 2.24) is 9.80 Å². The molecule has 1 aromatic rings. The molecule has 0 spiro atoms. The third-order valence-corrected chi connectivity index (χ3v) is 4.59. The zero-order valence-electron chi connectivity index (χ0n) is 12.8. The first-order valence-electron chi connectivity index (χ1n) is 8.20. The molecule has 1 aliphatic carbocycles. The van der Waals surface area contributed by atoms with Gasteiger partial charge in [0.25, 0.3) is 0 Å². The lowest BCUT2D eigenvalue weighted by atomic mass is 9.99. The summed E-state index contributed by atoms with van der Waals surface area (Å²) in [4.78, 5) is 5.08. The average molecular weight is 286 g/mol. The number of allylic oxidation sites excluding steroid dienone is 1. The van der Waals surface area contributed by atoms with E-state index in [1.807, 2.05) is 12.1 Å². The second-order valence-electron chi connectivity index (χ2n) is 6.33. The first-order valence-corrected chi connectivity index (χ1v) is 8.20. The highest BCUT2D eigenvalue weighted by molar-refractivity contribution is 5.27. The Hall–Kier alpha value is -1.32. The van der Waals surface area contributed by atoms with E-state index in [0.717, 1.165) is 32.7 Å². The third kappa shape index (κ3) is 4.32. The lowest BCUT2D eigenvalue weighted by molar-refractivity contribution is 0.134. The molecule has 0 radical (unpaired) electrons. The van der Waals surface area contributed by atoms with Gasteiger partial charge < -0.3 is 5.11 Å². The summed E-state index contributed by atoms with van der Waals surface area (Å²) < 4.78 is 0. The molecule has 0 aromatic heterocycles. The van der Waals surface area contributed by atoms with E-state index in [1.54, 1.807) is 11.6 Å². The van der Waals surface area contributed by atoms with Crippen LogP contribution in [0.1, 0.15) is 31.2 Å². The van der Waals surface area contributed by atoms with Crippen molar-refractivity contribution in [2.45, 2.75) is 32.2 Å². The van der Waals surface area contributed by atoms with Crippen LogP contribution in [0.5, 0.6) is 5.75 Å². The van der Waals surface area contributed by atoms with Crippen LogP contribution in [0, 0.1) is 0 Å². The molecule has 3 nitrogen and oxygen atoms in total. The largest absolute Gasteiger partial charge is 0.508 e. The van der Waals surface area contributed by atoms with Crippen LogP contribution in [0.25, 0.3) is 0 Å². The van der Waals surface area contributed by atoms with Crippen LogP contribution in [0.3, 0.4) is 0 Å². The highest BCUT2D eigenvalue weighted by Crippen LogP contribution is 2.19. The summed E-state index contributed by atoms with van der Waals surface area (Å²) in [6.45, 7) is 6.71. The fraction of sp³-hybridized carbons (Fsp3) is 0.556. The van der Waals surface area contributed by atoms with Gasteiger partial charge in [0.05, 0.1) is 0 Å². The molecule has 3 heteroatoms. The minimum Gasteiger partial charge on any atom is -0.508 e. The molecular weight excluding hydrogens is 260 g/mol. The SMILES string of the molecule is Oc1cccc(CN2CCN(CC3=CCCCC3)CC2)c1. The first kappa shape index (κ1) is 14.6. The minimum absolute atomic E-state index is 0.371. The molecule has 0 bridgehead atoms. The third-order valence-electron chi connectivity index (χ3n) is 4.59. The number of rotatable bonds is 4. The number of aromatic hydroxyl groups is 1. The number of benzene rings is 1. The van der Waals surface area contributed by atoms with Crippen molar-refractivity contribution in [1.29, 1.82) is 0 Å². The van der Waals surface area contributed by atoms with Gasteiger partial charge in [0.15, 0.2) is 0 Å². The first-order chi connectivity index (χ1) is 10.3. The summed E-state index contributed by atoms with van der Waals surface area (Å²) in [7, 11) is 0. The topological polar surface area (TPSA) is 26.7 Å². The van der Waals surface area contributed by atoms with Crippen molar-refractivity contribution in [3.05, 3.63) is 41.5 Å². The van der Waals surface area contributed by atoms with Gasteiger partial charge in [-0.3, -0.25) is 9.80 Å². The molecule has 3 rings (SSSR count). The van der Waals surface area contributed by atoms with E-state index in [4.69, 9.17) is 0 Å². The predicted molar refractivity (Wildman–Crippen MR) is 86.4 cm³/mol. The van der Waals surface area contributed by atoms with Crippen molar-refractivity contribution < 1.29 is 5.11 Å². The Kier molecular flexibility index (Phi) is 4.94. The highest BCUT2D eigenvalue weighted by Gasteiger charge is 2.18. The number of phenols is 1. The summed E-state index contributed by atoms with van der Waals surface area (Å²) in [6.07, 6.45) is 7.81. The lowest BCUT2D eigenvalue weighted by Gasteiger charge is -2.35. The van der Waals surface area contributed by atoms with Gasteiger partial charge in [0.2, 0.25) is 0 Å². The molecule has 2 aliphatic rings. The van der Waals surface area contributed by atoms with E-state index in [1.165, 1.54) is 37.8 Å². The molecule has 1 N–H and O–H groups in total. The van der Waals surface area contributed by atoms with Crippen molar-refractivity contribution in [2.75, 3.05) is 32.7 Å². The highest BCUT2D eigenvalue weighted by atomic mass is 16.3. The minimum atomic E-state index is 0.371. The maximum atomic E-state index is 9.53. The fourth-order valence-corrected chi connectivity index (χ4v) is 3.35. The van der Waals surface area contributed by atoms with Crippen LogP contribution in [0.15, 0.2) is 35.9 Å². The Bertz CT molecular complexity index is 490. The summed E-state index contributed by atoms with van der Waals surface area (Å²) >= 11 is 0. The Balaban J connectivity index is 1.45.